The molecular formula is C30H18N10O6. The van der Waals surface area contributed by atoms with E-state index < -0.39 is 0 Å². The molecule has 6 aromatic rings. The standard InChI is InChI=1S/C30H18N10O6/c1-7-19(41-13-1)37(20-8-2-14-42-20)25-31-28-33-26(38(21-9-3-15-43-21)22-10-4-16-44-22)35-30-36-27(34-29(32-25)40(28)30)39(23-11-5-17-45-23)24-12-6-18-46-24/h1-18H. The SMILES string of the molecule is c1coc(N(C2=NC3=NC(N(c4ccco4)c4ccco4)=NC4=NC(N(c5ccco5)c5ccco5)=NC(=N2)N34)c2ccco2)c1. The molecule has 0 aromatic carbocycles. The maximum Gasteiger partial charge on any atom is 0.246 e. The van der Waals surface area contributed by atoms with Gasteiger partial charge in [-0.15, -0.1) is 0 Å². The second kappa shape index (κ2) is 10.3. The van der Waals surface area contributed by atoms with Crippen molar-refractivity contribution in [3.63, 3.8) is 0 Å². The van der Waals surface area contributed by atoms with Crippen LogP contribution < -0.4 is 14.7 Å². The fourth-order valence-corrected chi connectivity index (χ4v) is 4.85. The van der Waals surface area contributed by atoms with Gasteiger partial charge in [0.15, 0.2) is 0 Å². The van der Waals surface area contributed by atoms with E-state index in [9.17, 15) is 0 Å². The Balaban J connectivity index is 1.26. The van der Waals surface area contributed by atoms with Gasteiger partial charge >= 0.3 is 0 Å². The van der Waals surface area contributed by atoms with Crippen LogP contribution in [0.2, 0.25) is 0 Å². The number of hydrogen-bond acceptors (Lipinski definition) is 16. The number of nitrogens with zero attached hydrogens (tertiary/aromatic N) is 10. The van der Waals surface area contributed by atoms with E-state index in [1.807, 2.05) is 0 Å². The van der Waals surface area contributed by atoms with Crippen LogP contribution in [0.25, 0.3) is 0 Å². The number of hydrogen-bond donors (Lipinski definition) is 0. The number of aliphatic imine (C=N–C) groups is 6. The Kier molecular flexibility index (Phi) is 5.67. The molecule has 9 heterocycles. The van der Waals surface area contributed by atoms with Crippen molar-refractivity contribution in [2.45, 2.75) is 0 Å². The summed E-state index contributed by atoms with van der Waals surface area (Å²) in [6.45, 7) is 0. The second-order valence-corrected chi connectivity index (χ2v) is 9.52. The van der Waals surface area contributed by atoms with Crippen LogP contribution in [0.5, 0.6) is 0 Å². The smallest absolute Gasteiger partial charge is 0.246 e. The minimum Gasteiger partial charge on any atom is -0.448 e. The summed E-state index contributed by atoms with van der Waals surface area (Å²) in [4.78, 5) is 35.1. The molecule has 0 aliphatic carbocycles. The van der Waals surface area contributed by atoms with Gasteiger partial charge in [0.25, 0.3) is 0 Å². The Morgan fingerprint density at radius 2 is 0.587 bits per heavy atom. The molecule has 3 aliphatic rings. The highest BCUT2D eigenvalue weighted by molar-refractivity contribution is 6.33. The molecule has 0 spiro atoms. The largest absolute Gasteiger partial charge is 0.448 e. The van der Waals surface area contributed by atoms with Crippen LogP contribution in [0.4, 0.5) is 35.3 Å². The van der Waals surface area contributed by atoms with Gasteiger partial charge in [0.05, 0.1) is 37.6 Å². The van der Waals surface area contributed by atoms with E-state index in [0.29, 0.717) is 35.3 Å². The lowest BCUT2D eigenvalue weighted by Gasteiger charge is -2.33. The first-order chi connectivity index (χ1) is 22.8. The van der Waals surface area contributed by atoms with Crippen molar-refractivity contribution in [1.29, 1.82) is 0 Å². The van der Waals surface area contributed by atoms with Crippen molar-refractivity contribution in [3.8, 4) is 0 Å². The highest BCUT2D eigenvalue weighted by Crippen LogP contribution is 2.34. The summed E-state index contributed by atoms with van der Waals surface area (Å²) in [5.74, 6) is 3.26. The van der Waals surface area contributed by atoms with Gasteiger partial charge in [0, 0.05) is 36.4 Å². The molecule has 0 atom stereocenters. The zero-order chi connectivity index (χ0) is 30.5. The molecule has 0 saturated heterocycles. The van der Waals surface area contributed by atoms with E-state index in [1.54, 1.807) is 87.5 Å². The lowest BCUT2D eigenvalue weighted by molar-refractivity contribution is 0.542. The van der Waals surface area contributed by atoms with Crippen molar-refractivity contribution >= 4 is 71.1 Å². The number of guanidine groups is 6. The number of anilines is 6. The number of furan rings is 6. The predicted octanol–water partition coefficient (Wildman–Crippen LogP) is 6.54. The highest BCUT2D eigenvalue weighted by atomic mass is 16.4. The molecule has 3 aliphatic heterocycles. The maximum atomic E-state index is 5.74. The first kappa shape index (κ1) is 25.4. The minimum atomic E-state index is 0.144. The summed E-state index contributed by atoms with van der Waals surface area (Å²) in [6.07, 6.45) is 9.21. The predicted molar refractivity (Wildman–Crippen MR) is 165 cm³/mol. The van der Waals surface area contributed by atoms with Crippen LogP contribution in [0, 0.1) is 0 Å². The minimum absolute atomic E-state index is 0.144. The van der Waals surface area contributed by atoms with Gasteiger partial charge in [-0.05, 0) is 36.4 Å². The summed E-state index contributed by atoms with van der Waals surface area (Å²) < 4.78 is 34.4. The Bertz CT molecular complexity index is 1800. The molecule has 16 heteroatoms. The lowest BCUT2D eigenvalue weighted by Crippen LogP contribution is -2.51. The Morgan fingerprint density at radius 3 is 0.783 bits per heavy atom. The van der Waals surface area contributed by atoms with Gasteiger partial charge < -0.3 is 26.5 Å². The van der Waals surface area contributed by atoms with Gasteiger partial charge in [0.2, 0.25) is 71.1 Å². The molecule has 0 radical (unpaired) electrons. The number of rotatable bonds is 6. The molecule has 0 bridgehead atoms. The van der Waals surface area contributed by atoms with Crippen molar-refractivity contribution < 1.29 is 26.5 Å². The molecule has 0 saturated carbocycles. The van der Waals surface area contributed by atoms with Gasteiger partial charge in [-0.3, -0.25) is 0 Å². The van der Waals surface area contributed by atoms with Crippen LogP contribution in [0.3, 0.4) is 0 Å². The van der Waals surface area contributed by atoms with Crippen molar-refractivity contribution in [1.82, 2.24) is 4.90 Å². The summed E-state index contributed by atoms with van der Waals surface area (Å²) in [7, 11) is 0. The summed E-state index contributed by atoms with van der Waals surface area (Å²) in [5, 5.41) is 0. The van der Waals surface area contributed by atoms with Crippen LogP contribution in [0.1, 0.15) is 0 Å². The average Bonchev–Trinajstić information content (AvgIpc) is 3.90. The average molecular weight is 615 g/mol. The van der Waals surface area contributed by atoms with Gasteiger partial charge in [-0.25, -0.2) is 19.6 Å². The quantitative estimate of drug-likeness (QED) is 0.201. The Hall–Kier alpha value is -7.10. The summed E-state index contributed by atoms with van der Waals surface area (Å²) in [5.41, 5.74) is 0. The van der Waals surface area contributed by atoms with Crippen molar-refractivity contribution in [2.75, 3.05) is 14.7 Å². The van der Waals surface area contributed by atoms with E-state index in [1.165, 1.54) is 42.5 Å². The lowest BCUT2D eigenvalue weighted by atomic mass is 10.4. The van der Waals surface area contributed by atoms with E-state index in [0.717, 1.165) is 0 Å². The molecule has 46 heavy (non-hydrogen) atoms. The third-order valence-corrected chi connectivity index (χ3v) is 6.76. The molecule has 16 nitrogen and oxygen atoms in total. The van der Waals surface area contributed by atoms with E-state index in [4.69, 9.17) is 56.5 Å². The molecule has 6 aromatic heterocycles. The van der Waals surface area contributed by atoms with E-state index in [-0.39, 0.29) is 35.8 Å². The Labute approximate surface area is 257 Å². The third kappa shape index (κ3) is 4.16. The van der Waals surface area contributed by atoms with E-state index >= 15 is 0 Å². The monoisotopic (exact) mass is 614 g/mol. The van der Waals surface area contributed by atoms with Crippen LogP contribution in [-0.4, -0.2) is 40.7 Å². The van der Waals surface area contributed by atoms with E-state index in [2.05, 4.69) is 0 Å². The molecule has 0 fully saturated rings. The zero-order valence-corrected chi connectivity index (χ0v) is 23.3. The second-order valence-electron chi connectivity index (χ2n) is 9.52. The zero-order valence-electron chi connectivity index (χ0n) is 23.3. The van der Waals surface area contributed by atoms with Crippen molar-refractivity contribution in [2.24, 2.45) is 30.0 Å². The molecule has 0 amide bonds. The normalized spacial score (nSPS) is 15.3. The topological polar surface area (TPSA) is 166 Å². The fraction of sp³-hybridized carbons (Fsp3) is 0. The third-order valence-electron chi connectivity index (χ3n) is 6.76. The highest BCUT2D eigenvalue weighted by Gasteiger charge is 2.40. The molecule has 224 valence electrons. The summed E-state index contributed by atoms with van der Waals surface area (Å²) in [6, 6.07) is 21.0. The van der Waals surface area contributed by atoms with Crippen LogP contribution in [0.15, 0.2) is 167 Å². The van der Waals surface area contributed by atoms with Gasteiger partial charge in [0.1, 0.15) is 0 Å². The molecule has 0 N–H and O–H groups in total. The molecule has 9 rings (SSSR count). The van der Waals surface area contributed by atoms with Crippen molar-refractivity contribution in [3.05, 3.63) is 110 Å². The first-order valence-electron chi connectivity index (χ1n) is 13.7. The van der Waals surface area contributed by atoms with Crippen LogP contribution >= 0.6 is 0 Å². The Morgan fingerprint density at radius 1 is 0.348 bits per heavy atom. The first-order valence-corrected chi connectivity index (χ1v) is 13.7. The van der Waals surface area contributed by atoms with Crippen LogP contribution in [-0.2, 0) is 0 Å². The summed E-state index contributed by atoms with van der Waals surface area (Å²) >= 11 is 0. The molecular weight excluding hydrogens is 596 g/mol. The molecule has 0 unspecified atom stereocenters. The van der Waals surface area contributed by atoms with Gasteiger partial charge in [-0.1, -0.05) is 0 Å². The van der Waals surface area contributed by atoms with Gasteiger partial charge in [-0.2, -0.15) is 30.0 Å². The maximum absolute atomic E-state index is 5.74. The fourth-order valence-electron chi connectivity index (χ4n) is 4.85.